The molecule has 2 aliphatic rings. The largest absolute Gasteiger partial charge is 0.448 e. The zero-order chi connectivity index (χ0) is 23.6. The molecule has 2 atom stereocenters. The maximum atomic E-state index is 13.9. The molecule has 178 valence electrons. The molecule has 2 heterocycles. The van der Waals surface area contributed by atoms with Gasteiger partial charge in [-0.1, -0.05) is 23.7 Å². The van der Waals surface area contributed by atoms with E-state index < -0.39 is 34.0 Å². The lowest BCUT2D eigenvalue weighted by molar-refractivity contribution is 0.0688. The lowest BCUT2D eigenvalue weighted by Crippen LogP contribution is -2.48. The van der Waals surface area contributed by atoms with Crippen LogP contribution in [0.1, 0.15) is 24.4 Å². The van der Waals surface area contributed by atoms with E-state index in [1.54, 1.807) is 17.0 Å². The fourth-order valence-corrected chi connectivity index (χ4v) is 6.35. The van der Waals surface area contributed by atoms with Gasteiger partial charge in [-0.3, -0.25) is 0 Å². The summed E-state index contributed by atoms with van der Waals surface area (Å²) in [6.07, 6.45) is 0.540. The minimum atomic E-state index is -3.95. The van der Waals surface area contributed by atoms with Gasteiger partial charge in [-0.05, 0) is 61.9 Å². The van der Waals surface area contributed by atoms with E-state index in [1.807, 2.05) is 7.05 Å². The van der Waals surface area contributed by atoms with E-state index in [4.69, 9.17) is 16.3 Å². The molecule has 7 nitrogen and oxygen atoms in total. The van der Waals surface area contributed by atoms with Crippen molar-refractivity contribution in [1.82, 2.24) is 14.1 Å². The van der Waals surface area contributed by atoms with Gasteiger partial charge in [-0.2, -0.15) is 4.31 Å². The molecule has 1 amide bonds. The first-order valence-corrected chi connectivity index (χ1v) is 12.7. The summed E-state index contributed by atoms with van der Waals surface area (Å²) in [5.41, 5.74) is 0.570. The third kappa shape index (κ3) is 5.32. The third-order valence-corrected chi connectivity index (χ3v) is 8.45. The average Bonchev–Trinajstić information content (AvgIpc) is 3.23. The van der Waals surface area contributed by atoms with Gasteiger partial charge in [-0.25, -0.2) is 17.6 Å². The molecule has 2 saturated heterocycles. The normalized spacial score (nSPS) is 22.5. The SMILES string of the molecule is CN1CCN(C(=O)OC[C@H]2CCC(c3cccc(F)c3)N2S(=O)(=O)c2ccc(Cl)cc2)CC1. The molecule has 1 unspecified atom stereocenters. The fourth-order valence-electron chi connectivity index (χ4n) is 4.38. The van der Waals surface area contributed by atoms with E-state index in [9.17, 15) is 17.6 Å². The van der Waals surface area contributed by atoms with Gasteiger partial charge in [0.2, 0.25) is 10.0 Å². The Balaban J connectivity index is 1.57. The number of rotatable bonds is 5. The molecule has 0 bridgehead atoms. The quantitative estimate of drug-likeness (QED) is 0.631. The second kappa shape index (κ2) is 9.97. The Morgan fingerprint density at radius 1 is 1.09 bits per heavy atom. The smallest absolute Gasteiger partial charge is 0.409 e. The van der Waals surface area contributed by atoms with Crippen LogP contribution in [0.2, 0.25) is 5.02 Å². The summed E-state index contributed by atoms with van der Waals surface area (Å²) >= 11 is 5.94. The Morgan fingerprint density at radius 2 is 1.79 bits per heavy atom. The van der Waals surface area contributed by atoms with Gasteiger partial charge in [0.15, 0.2) is 0 Å². The van der Waals surface area contributed by atoms with Gasteiger partial charge in [0, 0.05) is 31.2 Å². The second-order valence-corrected chi connectivity index (χ2v) is 10.7. The number of hydrogen-bond donors (Lipinski definition) is 0. The summed E-state index contributed by atoms with van der Waals surface area (Å²) in [5, 5.41) is 0.426. The minimum absolute atomic E-state index is 0.0657. The molecule has 0 aliphatic carbocycles. The molecule has 0 spiro atoms. The monoisotopic (exact) mass is 495 g/mol. The zero-order valence-electron chi connectivity index (χ0n) is 18.4. The summed E-state index contributed by atoms with van der Waals surface area (Å²) in [6.45, 7) is 2.59. The van der Waals surface area contributed by atoms with Crippen molar-refractivity contribution in [2.45, 2.75) is 29.8 Å². The highest BCUT2D eigenvalue weighted by Gasteiger charge is 2.43. The number of likely N-dealkylation sites (N-methyl/N-ethyl adjacent to an activating group) is 1. The van der Waals surface area contributed by atoms with Gasteiger partial charge in [0.1, 0.15) is 12.4 Å². The van der Waals surface area contributed by atoms with Gasteiger partial charge < -0.3 is 14.5 Å². The van der Waals surface area contributed by atoms with E-state index in [0.717, 1.165) is 13.1 Å². The molecular weight excluding hydrogens is 469 g/mol. The van der Waals surface area contributed by atoms with Crippen LogP contribution in [0, 0.1) is 5.82 Å². The molecule has 0 N–H and O–H groups in total. The number of carbonyl (C=O) groups excluding carboxylic acids is 1. The third-order valence-electron chi connectivity index (χ3n) is 6.22. The van der Waals surface area contributed by atoms with Crippen LogP contribution in [0.25, 0.3) is 0 Å². The zero-order valence-corrected chi connectivity index (χ0v) is 19.9. The Hall–Kier alpha value is -2.20. The van der Waals surface area contributed by atoms with Crippen LogP contribution in [0.4, 0.5) is 9.18 Å². The van der Waals surface area contributed by atoms with Crippen molar-refractivity contribution in [1.29, 1.82) is 0 Å². The number of benzene rings is 2. The molecule has 0 saturated carbocycles. The number of sulfonamides is 1. The van der Waals surface area contributed by atoms with Crippen LogP contribution in [0.15, 0.2) is 53.4 Å². The van der Waals surface area contributed by atoms with Crippen LogP contribution >= 0.6 is 11.6 Å². The number of nitrogens with zero attached hydrogens (tertiary/aromatic N) is 3. The molecular formula is C23H27ClFN3O4S. The van der Waals surface area contributed by atoms with Crippen molar-refractivity contribution in [3.8, 4) is 0 Å². The van der Waals surface area contributed by atoms with Crippen LogP contribution < -0.4 is 0 Å². The molecule has 10 heteroatoms. The van der Waals surface area contributed by atoms with Crippen molar-refractivity contribution in [3.05, 3.63) is 64.9 Å². The summed E-state index contributed by atoms with van der Waals surface area (Å²) < 4.78 is 48.1. The maximum absolute atomic E-state index is 13.9. The number of halogens is 2. The van der Waals surface area contributed by atoms with Gasteiger partial charge >= 0.3 is 6.09 Å². The van der Waals surface area contributed by atoms with Crippen molar-refractivity contribution >= 4 is 27.7 Å². The Kier molecular flexibility index (Phi) is 7.23. The van der Waals surface area contributed by atoms with Crippen molar-refractivity contribution in [2.24, 2.45) is 0 Å². The van der Waals surface area contributed by atoms with E-state index >= 15 is 0 Å². The molecule has 0 aromatic heterocycles. The van der Waals surface area contributed by atoms with Crippen LogP contribution in [-0.4, -0.2) is 74.5 Å². The molecule has 4 rings (SSSR count). The summed E-state index contributed by atoms with van der Waals surface area (Å²) in [5.74, 6) is -0.429. The Labute approximate surface area is 198 Å². The molecule has 2 aromatic rings. The lowest BCUT2D eigenvalue weighted by atomic mass is 10.1. The summed E-state index contributed by atoms with van der Waals surface area (Å²) in [4.78, 5) is 16.4. The number of hydrogen-bond acceptors (Lipinski definition) is 5. The first-order valence-electron chi connectivity index (χ1n) is 10.9. The van der Waals surface area contributed by atoms with Gasteiger partial charge in [0.25, 0.3) is 0 Å². The van der Waals surface area contributed by atoms with Crippen molar-refractivity contribution in [2.75, 3.05) is 39.8 Å². The summed E-state index contributed by atoms with van der Waals surface area (Å²) in [6, 6.07) is 10.8. The highest BCUT2D eigenvalue weighted by Crippen LogP contribution is 2.41. The van der Waals surface area contributed by atoms with Crippen LogP contribution in [0.5, 0.6) is 0 Å². The standard InChI is InChI=1S/C23H27ClFN3O4S/c1-26-11-13-27(14-12-26)23(29)32-16-20-7-10-22(17-3-2-4-19(25)15-17)28(20)33(30,31)21-8-5-18(24)6-9-21/h2-6,8-9,15,20,22H,7,10-14,16H2,1H3/t20-,22?/m1/s1. The highest BCUT2D eigenvalue weighted by molar-refractivity contribution is 7.89. The molecule has 2 fully saturated rings. The van der Waals surface area contributed by atoms with E-state index in [-0.39, 0.29) is 11.5 Å². The van der Waals surface area contributed by atoms with Gasteiger partial charge in [-0.15, -0.1) is 0 Å². The van der Waals surface area contributed by atoms with E-state index in [1.165, 1.54) is 40.7 Å². The predicted octanol–water partition coefficient (Wildman–Crippen LogP) is 3.76. The molecule has 33 heavy (non-hydrogen) atoms. The second-order valence-electron chi connectivity index (χ2n) is 8.46. The van der Waals surface area contributed by atoms with Gasteiger partial charge in [0.05, 0.1) is 17.0 Å². The number of piperazine rings is 1. The number of amides is 1. The number of ether oxygens (including phenoxy) is 1. The Morgan fingerprint density at radius 3 is 2.45 bits per heavy atom. The number of carbonyl (C=O) groups is 1. The summed E-state index contributed by atoms with van der Waals surface area (Å²) in [7, 11) is -1.96. The predicted molar refractivity (Wildman–Crippen MR) is 123 cm³/mol. The average molecular weight is 496 g/mol. The van der Waals surface area contributed by atoms with Crippen molar-refractivity contribution < 1.29 is 22.3 Å². The van der Waals surface area contributed by atoms with Crippen molar-refractivity contribution in [3.63, 3.8) is 0 Å². The first kappa shape index (κ1) is 23.9. The Bertz CT molecular complexity index is 1090. The van der Waals surface area contributed by atoms with E-state index in [2.05, 4.69) is 4.90 Å². The first-order chi connectivity index (χ1) is 15.8. The van der Waals surface area contributed by atoms with E-state index in [0.29, 0.717) is 36.5 Å². The molecule has 0 radical (unpaired) electrons. The van der Waals surface area contributed by atoms with Crippen LogP contribution in [0.3, 0.4) is 0 Å². The molecule has 2 aromatic carbocycles. The topological polar surface area (TPSA) is 70.2 Å². The maximum Gasteiger partial charge on any atom is 0.409 e. The highest BCUT2D eigenvalue weighted by atomic mass is 35.5. The molecule has 2 aliphatic heterocycles. The minimum Gasteiger partial charge on any atom is -0.448 e. The lowest BCUT2D eigenvalue weighted by Gasteiger charge is -2.33. The fraction of sp³-hybridized carbons (Fsp3) is 0.435. The van der Waals surface area contributed by atoms with Crippen LogP contribution in [-0.2, 0) is 14.8 Å².